The van der Waals surface area contributed by atoms with Crippen LogP contribution in [0.3, 0.4) is 0 Å². The fourth-order valence-electron chi connectivity index (χ4n) is 1.89. The molecule has 1 atom stereocenters. The molecule has 2 N–H and O–H groups in total. The summed E-state index contributed by atoms with van der Waals surface area (Å²) in [5, 5.41) is 9.55. The van der Waals surface area contributed by atoms with Crippen molar-refractivity contribution < 1.29 is 23.1 Å². The van der Waals surface area contributed by atoms with Gasteiger partial charge in [-0.2, -0.15) is 0 Å². The van der Waals surface area contributed by atoms with Crippen molar-refractivity contribution in [1.29, 1.82) is 0 Å². The monoisotopic (exact) mass is 315 g/mol. The van der Waals surface area contributed by atoms with Gasteiger partial charge in [0, 0.05) is 6.42 Å². The molecule has 1 unspecified atom stereocenters. The van der Waals surface area contributed by atoms with Crippen LogP contribution in [-0.4, -0.2) is 39.0 Å². The van der Waals surface area contributed by atoms with Crippen LogP contribution < -0.4 is 4.72 Å². The van der Waals surface area contributed by atoms with E-state index in [1.54, 1.807) is 31.2 Å². The van der Waals surface area contributed by atoms with Gasteiger partial charge in [0.2, 0.25) is 10.0 Å². The summed E-state index contributed by atoms with van der Waals surface area (Å²) in [4.78, 5) is 11.0. The van der Waals surface area contributed by atoms with Gasteiger partial charge in [0.15, 0.2) is 0 Å². The van der Waals surface area contributed by atoms with Gasteiger partial charge in [-0.25, -0.2) is 13.1 Å². The van der Waals surface area contributed by atoms with Crippen molar-refractivity contribution in [2.24, 2.45) is 0 Å². The lowest BCUT2D eigenvalue weighted by Crippen LogP contribution is -2.47. The number of hydrogen-bond acceptors (Lipinski definition) is 5. The number of sulfonamides is 1. The second-order valence-electron chi connectivity index (χ2n) is 4.96. The number of hydrogen-bond donors (Lipinski definition) is 2. The number of methoxy groups -OCH3 is 1. The minimum Gasteiger partial charge on any atom is -0.469 e. The van der Waals surface area contributed by atoms with E-state index >= 15 is 0 Å². The Balaban J connectivity index is 2.73. The van der Waals surface area contributed by atoms with E-state index < -0.39 is 21.5 Å². The summed E-state index contributed by atoms with van der Waals surface area (Å²) in [6, 6.07) is 8.84. The maximum atomic E-state index is 12.1. The van der Waals surface area contributed by atoms with Crippen LogP contribution in [-0.2, 0) is 25.1 Å². The SMILES string of the molecule is COC(=O)CCCS(=O)(=O)NC(C)(CO)c1ccccc1. The first-order valence-corrected chi connectivity index (χ1v) is 8.23. The first-order valence-electron chi connectivity index (χ1n) is 6.58. The van der Waals surface area contributed by atoms with Crippen LogP contribution in [0.1, 0.15) is 25.3 Å². The first-order chi connectivity index (χ1) is 9.83. The number of ether oxygens (including phenoxy) is 1. The summed E-state index contributed by atoms with van der Waals surface area (Å²) in [6.07, 6.45) is 0.205. The zero-order valence-corrected chi connectivity index (χ0v) is 13.0. The van der Waals surface area contributed by atoms with Crippen LogP contribution in [0.5, 0.6) is 0 Å². The average molecular weight is 315 g/mol. The van der Waals surface area contributed by atoms with Crippen molar-refractivity contribution in [2.45, 2.75) is 25.3 Å². The minimum absolute atomic E-state index is 0.0403. The van der Waals surface area contributed by atoms with Crippen molar-refractivity contribution in [1.82, 2.24) is 4.72 Å². The largest absolute Gasteiger partial charge is 0.469 e. The molecule has 0 saturated heterocycles. The molecule has 0 aliphatic rings. The van der Waals surface area contributed by atoms with Gasteiger partial charge in [-0.1, -0.05) is 30.3 Å². The lowest BCUT2D eigenvalue weighted by Gasteiger charge is -2.29. The number of carbonyl (C=O) groups excluding carboxylic acids is 1. The van der Waals surface area contributed by atoms with Gasteiger partial charge >= 0.3 is 5.97 Å². The number of nitrogens with one attached hydrogen (secondary N) is 1. The number of benzene rings is 1. The van der Waals surface area contributed by atoms with E-state index in [-0.39, 0.29) is 25.2 Å². The van der Waals surface area contributed by atoms with E-state index in [4.69, 9.17) is 0 Å². The standard InChI is InChI=1S/C14H21NO5S/c1-14(11-16,12-7-4-3-5-8-12)15-21(18,19)10-6-9-13(17)20-2/h3-5,7-8,15-16H,6,9-11H2,1-2H3. The Kier molecular flexibility index (Phi) is 6.32. The van der Waals surface area contributed by atoms with Crippen molar-refractivity contribution in [3.8, 4) is 0 Å². The van der Waals surface area contributed by atoms with E-state index in [0.717, 1.165) is 0 Å². The molecule has 6 nitrogen and oxygen atoms in total. The van der Waals surface area contributed by atoms with Crippen LogP contribution in [0.15, 0.2) is 30.3 Å². The van der Waals surface area contributed by atoms with Crippen molar-refractivity contribution in [2.75, 3.05) is 19.5 Å². The van der Waals surface area contributed by atoms with Crippen LogP contribution in [0, 0.1) is 0 Å². The topological polar surface area (TPSA) is 92.7 Å². The molecule has 0 heterocycles. The molecule has 0 bridgehead atoms. The molecule has 0 spiro atoms. The van der Waals surface area contributed by atoms with Crippen LogP contribution >= 0.6 is 0 Å². The minimum atomic E-state index is -3.62. The molecule has 118 valence electrons. The van der Waals surface area contributed by atoms with Gasteiger partial charge in [-0.05, 0) is 18.9 Å². The summed E-state index contributed by atoms with van der Waals surface area (Å²) in [6.45, 7) is 1.24. The molecular formula is C14H21NO5S. The molecule has 1 rings (SSSR count). The summed E-state index contributed by atoms with van der Waals surface area (Å²) >= 11 is 0. The molecule has 0 radical (unpaired) electrons. The van der Waals surface area contributed by atoms with Crippen LogP contribution in [0.25, 0.3) is 0 Å². The lowest BCUT2D eigenvalue weighted by atomic mass is 9.94. The van der Waals surface area contributed by atoms with Crippen molar-refractivity contribution >= 4 is 16.0 Å². The molecule has 0 aliphatic carbocycles. The Labute approximate surface area is 125 Å². The third kappa shape index (κ3) is 5.45. The van der Waals surface area contributed by atoms with Gasteiger partial charge in [0.05, 0.1) is 25.0 Å². The predicted molar refractivity (Wildman–Crippen MR) is 79.1 cm³/mol. The Hall–Kier alpha value is -1.44. The Morgan fingerprint density at radius 1 is 1.33 bits per heavy atom. The number of rotatable bonds is 8. The third-order valence-corrected chi connectivity index (χ3v) is 4.72. The Morgan fingerprint density at radius 3 is 2.48 bits per heavy atom. The van der Waals surface area contributed by atoms with E-state index in [0.29, 0.717) is 5.56 Å². The van der Waals surface area contributed by atoms with Crippen molar-refractivity contribution in [3.05, 3.63) is 35.9 Å². The quantitative estimate of drug-likeness (QED) is 0.691. The zero-order chi connectivity index (χ0) is 15.9. The second kappa shape index (κ2) is 7.53. The number of carbonyl (C=O) groups is 1. The Bertz CT molecular complexity index is 558. The van der Waals surface area contributed by atoms with Crippen molar-refractivity contribution in [3.63, 3.8) is 0 Å². The van der Waals surface area contributed by atoms with Crippen LogP contribution in [0.4, 0.5) is 0 Å². The smallest absolute Gasteiger partial charge is 0.305 e. The van der Waals surface area contributed by atoms with Gasteiger partial charge < -0.3 is 9.84 Å². The number of aliphatic hydroxyl groups is 1. The number of aliphatic hydroxyl groups excluding tert-OH is 1. The lowest BCUT2D eigenvalue weighted by molar-refractivity contribution is -0.140. The molecule has 0 aliphatic heterocycles. The van der Waals surface area contributed by atoms with E-state index in [2.05, 4.69) is 9.46 Å². The summed E-state index contributed by atoms with van der Waals surface area (Å²) < 4.78 is 31.1. The molecular weight excluding hydrogens is 294 g/mol. The van der Waals surface area contributed by atoms with Gasteiger partial charge in [-0.3, -0.25) is 4.79 Å². The van der Waals surface area contributed by atoms with E-state index in [9.17, 15) is 18.3 Å². The molecule has 0 fully saturated rings. The highest BCUT2D eigenvalue weighted by Crippen LogP contribution is 2.21. The normalized spacial score (nSPS) is 14.4. The Morgan fingerprint density at radius 2 is 1.95 bits per heavy atom. The maximum absolute atomic E-state index is 12.1. The second-order valence-corrected chi connectivity index (χ2v) is 6.80. The average Bonchev–Trinajstić information content (AvgIpc) is 2.47. The van der Waals surface area contributed by atoms with Crippen LogP contribution in [0.2, 0.25) is 0 Å². The molecule has 0 amide bonds. The summed E-state index contributed by atoms with van der Waals surface area (Å²) in [5.41, 5.74) is -0.421. The summed E-state index contributed by atoms with van der Waals surface area (Å²) in [5.74, 6) is -0.650. The molecule has 0 aromatic heterocycles. The third-order valence-electron chi connectivity index (χ3n) is 3.13. The maximum Gasteiger partial charge on any atom is 0.305 e. The molecule has 1 aromatic carbocycles. The first kappa shape index (κ1) is 17.6. The predicted octanol–water partition coefficient (Wildman–Crippen LogP) is 0.767. The van der Waals surface area contributed by atoms with E-state index in [1.807, 2.05) is 6.07 Å². The number of esters is 1. The fourth-order valence-corrected chi connectivity index (χ4v) is 3.39. The van der Waals surface area contributed by atoms with Gasteiger partial charge in [0.1, 0.15) is 0 Å². The summed E-state index contributed by atoms with van der Waals surface area (Å²) in [7, 11) is -2.36. The molecule has 7 heteroatoms. The van der Waals surface area contributed by atoms with E-state index in [1.165, 1.54) is 7.11 Å². The highest BCUT2D eigenvalue weighted by atomic mass is 32.2. The molecule has 21 heavy (non-hydrogen) atoms. The highest BCUT2D eigenvalue weighted by Gasteiger charge is 2.30. The fraction of sp³-hybridized carbons (Fsp3) is 0.500. The zero-order valence-electron chi connectivity index (χ0n) is 12.2. The van der Waals surface area contributed by atoms with Gasteiger partial charge in [0.25, 0.3) is 0 Å². The highest BCUT2D eigenvalue weighted by molar-refractivity contribution is 7.89. The van der Waals surface area contributed by atoms with Gasteiger partial charge in [-0.15, -0.1) is 0 Å². The molecule has 1 aromatic rings. The molecule has 0 saturated carbocycles.